The van der Waals surface area contributed by atoms with Crippen LogP contribution in [0.2, 0.25) is 0 Å². The predicted molar refractivity (Wildman–Crippen MR) is 39.7 cm³/mol. The third kappa shape index (κ3) is 2.43. The molecular weight excluding hydrogens is 178 g/mol. The number of carbonyl (C=O) groups is 3. The summed E-state index contributed by atoms with van der Waals surface area (Å²) in [6, 6.07) is 0. The Morgan fingerprint density at radius 2 is 2.31 bits per heavy atom. The highest BCUT2D eigenvalue weighted by atomic mass is 16.7. The van der Waals surface area contributed by atoms with Crippen LogP contribution in [0.5, 0.6) is 0 Å². The van der Waals surface area contributed by atoms with Gasteiger partial charge in [-0.15, -0.1) is 0 Å². The first kappa shape index (κ1) is 9.50. The zero-order chi connectivity index (χ0) is 9.84. The van der Waals surface area contributed by atoms with Crippen molar-refractivity contribution in [2.75, 3.05) is 6.61 Å². The zero-order valence-corrected chi connectivity index (χ0v) is 7.03. The normalized spacial score (nSPS) is 21.2. The molecule has 1 heterocycles. The van der Waals surface area contributed by atoms with E-state index in [-0.39, 0.29) is 13.0 Å². The fourth-order valence-corrected chi connectivity index (χ4v) is 0.893. The monoisotopic (exact) mass is 187 g/mol. The van der Waals surface area contributed by atoms with Crippen LogP contribution in [0, 0.1) is 0 Å². The molecule has 0 spiro atoms. The predicted octanol–water partition coefficient (Wildman–Crippen LogP) is -0.425. The van der Waals surface area contributed by atoms with Crippen molar-refractivity contribution in [2.45, 2.75) is 19.4 Å². The molecule has 1 saturated heterocycles. The van der Waals surface area contributed by atoms with E-state index in [4.69, 9.17) is 0 Å². The Hall–Kier alpha value is -1.59. The fourth-order valence-electron chi connectivity index (χ4n) is 0.893. The lowest BCUT2D eigenvalue weighted by Crippen LogP contribution is -2.28. The number of rotatable bonds is 2. The van der Waals surface area contributed by atoms with Gasteiger partial charge in [0.2, 0.25) is 5.91 Å². The summed E-state index contributed by atoms with van der Waals surface area (Å²) in [6.07, 6.45) is -2.10. The summed E-state index contributed by atoms with van der Waals surface area (Å²) in [5.74, 6) is -1.04. The van der Waals surface area contributed by atoms with E-state index >= 15 is 0 Å². The molecule has 1 aliphatic heterocycles. The summed E-state index contributed by atoms with van der Waals surface area (Å²) in [6.45, 7) is 1.78. The number of hydrogen-bond donors (Lipinski definition) is 1. The SMILES string of the molecule is CCOC(=O)OC1CC(=O)NC1=O. The minimum Gasteiger partial charge on any atom is -0.435 e. The van der Waals surface area contributed by atoms with E-state index in [1.54, 1.807) is 6.92 Å². The van der Waals surface area contributed by atoms with Crippen molar-refractivity contribution in [1.29, 1.82) is 0 Å². The number of ether oxygens (including phenoxy) is 2. The second kappa shape index (κ2) is 3.88. The second-order valence-electron chi connectivity index (χ2n) is 2.41. The summed E-state index contributed by atoms with van der Waals surface area (Å²) in [4.78, 5) is 32.2. The standard InChI is InChI=1S/C7H9NO5/c1-2-12-7(11)13-4-3-5(9)8-6(4)10/h4H,2-3H2,1H3,(H,8,9,10). The first-order valence-corrected chi connectivity index (χ1v) is 3.80. The molecule has 2 amide bonds. The van der Waals surface area contributed by atoms with E-state index in [9.17, 15) is 14.4 Å². The van der Waals surface area contributed by atoms with Gasteiger partial charge >= 0.3 is 6.16 Å². The molecule has 1 unspecified atom stereocenters. The highest BCUT2D eigenvalue weighted by Crippen LogP contribution is 2.07. The lowest BCUT2D eigenvalue weighted by atomic mass is 10.3. The first-order valence-electron chi connectivity index (χ1n) is 3.80. The van der Waals surface area contributed by atoms with Crippen LogP contribution in [-0.4, -0.2) is 30.7 Å². The summed E-state index contributed by atoms with van der Waals surface area (Å²) in [5.41, 5.74) is 0. The van der Waals surface area contributed by atoms with Crippen LogP contribution in [0.1, 0.15) is 13.3 Å². The lowest BCUT2D eigenvalue weighted by Gasteiger charge is -2.07. The highest BCUT2D eigenvalue weighted by molar-refractivity contribution is 6.05. The van der Waals surface area contributed by atoms with Gasteiger partial charge < -0.3 is 9.47 Å². The van der Waals surface area contributed by atoms with Crippen LogP contribution in [0.25, 0.3) is 0 Å². The Balaban J connectivity index is 2.41. The molecule has 1 fully saturated rings. The third-order valence-electron chi connectivity index (χ3n) is 1.43. The Labute approximate surface area is 74.2 Å². The van der Waals surface area contributed by atoms with Crippen molar-refractivity contribution < 1.29 is 23.9 Å². The van der Waals surface area contributed by atoms with Gasteiger partial charge in [-0.25, -0.2) is 4.79 Å². The van der Waals surface area contributed by atoms with Crippen LogP contribution in [0.3, 0.4) is 0 Å². The number of hydrogen-bond acceptors (Lipinski definition) is 5. The van der Waals surface area contributed by atoms with Crippen molar-refractivity contribution in [1.82, 2.24) is 5.32 Å². The van der Waals surface area contributed by atoms with Crippen LogP contribution < -0.4 is 5.32 Å². The quantitative estimate of drug-likeness (QED) is 0.468. The van der Waals surface area contributed by atoms with Crippen molar-refractivity contribution >= 4 is 18.0 Å². The number of nitrogens with one attached hydrogen (secondary N) is 1. The minimum atomic E-state index is -1.04. The van der Waals surface area contributed by atoms with Crippen molar-refractivity contribution in [2.24, 2.45) is 0 Å². The highest BCUT2D eigenvalue weighted by Gasteiger charge is 2.34. The summed E-state index contributed by atoms with van der Waals surface area (Å²) in [5, 5.41) is 2.00. The van der Waals surface area contributed by atoms with Gasteiger partial charge in [0.1, 0.15) is 0 Å². The van der Waals surface area contributed by atoms with E-state index in [2.05, 4.69) is 9.47 Å². The number of carbonyl (C=O) groups excluding carboxylic acids is 3. The number of amides is 2. The van der Waals surface area contributed by atoms with Crippen molar-refractivity contribution in [3.05, 3.63) is 0 Å². The van der Waals surface area contributed by atoms with Crippen molar-refractivity contribution in [3.8, 4) is 0 Å². The molecule has 6 nitrogen and oxygen atoms in total. The van der Waals surface area contributed by atoms with E-state index < -0.39 is 24.1 Å². The zero-order valence-electron chi connectivity index (χ0n) is 7.03. The Bertz CT molecular complexity index is 249. The van der Waals surface area contributed by atoms with Gasteiger partial charge in [-0.3, -0.25) is 14.9 Å². The van der Waals surface area contributed by atoms with Gasteiger partial charge in [-0.1, -0.05) is 0 Å². The molecule has 1 atom stereocenters. The molecule has 72 valence electrons. The topological polar surface area (TPSA) is 81.7 Å². The van der Waals surface area contributed by atoms with Gasteiger partial charge in [0.15, 0.2) is 6.10 Å². The fraction of sp³-hybridized carbons (Fsp3) is 0.571. The molecule has 0 aliphatic carbocycles. The maximum Gasteiger partial charge on any atom is 0.509 e. The van der Waals surface area contributed by atoms with E-state index in [0.717, 1.165) is 0 Å². The molecule has 0 aromatic carbocycles. The maximum absolute atomic E-state index is 10.9. The molecule has 13 heavy (non-hydrogen) atoms. The largest absolute Gasteiger partial charge is 0.509 e. The van der Waals surface area contributed by atoms with Gasteiger partial charge in [0.05, 0.1) is 13.0 Å². The average molecular weight is 187 g/mol. The smallest absolute Gasteiger partial charge is 0.435 e. The molecule has 1 N–H and O–H groups in total. The van der Waals surface area contributed by atoms with Gasteiger partial charge in [-0.05, 0) is 6.92 Å². The van der Waals surface area contributed by atoms with Crippen molar-refractivity contribution in [3.63, 3.8) is 0 Å². The summed E-state index contributed by atoms with van der Waals surface area (Å²) >= 11 is 0. The second-order valence-corrected chi connectivity index (χ2v) is 2.41. The summed E-state index contributed by atoms with van der Waals surface area (Å²) in [7, 11) is 0. The first-order chi connectivity index (χ1) is 6.13. The number of imide groups is 1. The lowest BCUT2D eigenvalue weighted by molar-refractivity contribution is -0.128. The average Bonchev–Trinajstić information content (AvgIpc) is 2.30. The van der Waals surface area contributed by atoms with Crippen LogP contribution in [0.15, 0.2) is 0 Å². The molecule has 1 rings (SSSR count). The van der Waals surface area contributed by atoms with Gasteiger partial charge in [-0.2, -0.15) is 0 Å². The third-order valence-corrected chi connectivity index (χ3v) is 1.43. The molecule has 1 aliphatic rings. The molecule has 0 aromatic rings. The Morgan fingerprint density at radius 1 is 1.62 bits per heavy atom. The Kier molecular flexibility index (Phi) is 2.84. The van der Waals surface area contributed by atoms with E-state index in [1.807, 2.05) is 5.32 Å². The molecule has 0 saturated carbocycles. The van der Waals surface area contributed by atoms with Crippen LogP contribution in [-0.2, 0) is 19.1 Å². The molecular formula is C7H9NO5. The molecule has 6 heteroatoms. The maximum atomic E-state index is 10.9. The minimum absolute atomic E-state index is 0.127. The van der Waals surface area contributed by atoms with E-state index in [0.29, 0.717) is 0 Å². The molecule has 0 radical (unpaired) electrons. The molecule has 0 bridgehead atoms. The van der Waals surface area contributed by atoms with Gasteiger partial charge in [0, 0.05) is 0 Å². The van der Waals surface area contributed by atoms with E-state index in [1.165, 1.54) is 0 Å². The van der Waals surface area contributed by atoms with Crippen LogP contribution in [0.4, 0.5) is 4.79 Å². The Morgan fingerprint density at radius 3 is 2.77 bits per heavy atom. The molecule has 0 aromatic heterocycles. The van der Waals surface area contributed by atoms with Gasteiger partial charge in [0.25, 0.3) is 5.91 Å². The summed E-state index contributed by atoms with van der Waals surface area (Å²) < 4.78 is 8.98. The van der Waals surface area contributed by atoms with Crippen LogP contribution >= 0.6 is 0 Å².